The van der Waals surface area contributed by atoms with E-state index in [1.807, 2.05) is 4.90 Å². The molecule has 34 heavy (non-hydrogen) atoms. The first-order valence-electron chi connectivity index (χ1n) is 10.6. The van der Waals surface area contributed by atoms with E-state index in [1.165, 1.54) is 18.2 Å². The molecule has 1 unspecified atom stereocenters. The van der Waals surface area contributed by atoms with Crippen LogP contribution in [0.1, 0.15) is 17.0 Å². The third-order valence-corrected chi connectivity index (χ3v) is 5.87. The zero-order valence-corrected chi connectivity index (χ0v) is 19.3. The Morgan fingerprint density at radius 1 is 1.24 bits per heavy atom. The number of hydrogen-bond donors (Lipinski definition) is 1. The van der Waals surface area contributed by atoms with E-state index in [9.17, 15) is 18.0 Å². The molecule has 0 saturated carbocycles. The van der Waals surface area contributed by atoms with E-state index in [0.29, 0.717) is 55.5 Å². The number of anilines is 1. The second kappa shape index (κ2) is 9.61. The molecule has 3 heterocycles. The Labute approximate surface area is 198 Å². The average molecular weight is 505 g/mol. The zero-order chi connectivity index (χ0) is 24.5. The van der Waals surface area contributed by atoms with Crippen LogP contribution < -0.4 is 10.1 Å². The van der Waals surface area contributed by atoms with Gasteiger partial charge in [0.2, 0.25) is 0 Å². The quantitative estimate of drug-likeness (QED) is 0.674. The smallest absolute Gasteiger partial charge is 0.404 e. The highest BCUT2D eigenvalue weighted by atomic mass is 35.5. The van der Waals surface area contributed by atoms with E-state index in [0.717, 1.165) is 0 Å². The number of benzene rings is 1. The SMILES string of the molecule is Cc1noc(C)c1NC(=O)N1CCOC2(CN(Cc3ccc(OC(F)(F)F)c(Cl)c3)CCO2)C1. The standard InChI is InChI=1S/C21H24ClF3N4O5/c1-13-18(14(2)34-27-13)26-19(30)29-6-8-32-20(12-29)11-28(5-7-31-20)10-15-3-4-17(16(22)9-15)33-21(23,24)25/h3-4,9H,5-8,10-12H2,1-2H3,(H,26,30). The van der Waals surface area contributed by atoms with Crippen LogP contribution in [-0.2, 0) is 16.0 Å². The zero-order valence-electron chi connectivity index (χ0n) is 18.6. The van der Waals surface area contributed by atoms with Gasteiger partial charge in [-0.15, -0.1) is 13.2 Å². The fraction of sp³-hybridized carbons (Fsp3) is 0.524. The number of nitrogens with zero attached hydrogens (tertiary/aromatic N) is 3. The Hall–Kier alpha value is -2.54. The molecule has 0 radical (unpaired) electrons. The third-order valence-electron chi connectivity index (χ3n) is 5.58. The summed E-state index contributed by atoms with van der Waals surface area (Å²) in [5.41, 5.74) is 1.83. The molecule has 2 aliphatic heterocycles. The van der Waals surface area contributed by atoms with Crippen LogP contribution >= 0.6 is 11.6 Å². The van der Waals surface area contributed by atoms with Gasteiger partial charge in [-0.25, -0.2) is 4.79 Å². The van der Waals surface area contributed by atoms with Crippen molar-refractivity contribution in [3.63, 3.8) is 0 Å². The molecule has 2 aliphatic rings. The molecule has 0 aliphatic carbocycles. The predicted octanol–water partition coefficient (Wildman–Crippen LogP) is 3.94. The Balaban J connectivity index is 1.39. The van der Waals surface area contributed by atoms with Gasteiger partial charge in [-0.1, -0.05) is 22.8 Å². The number of carbonyl (C=O) groups is 1. The molecule has 1 spiro atoms. The van der Waals surface area contributed by atoms with Gasteiger partial charge in [0.25, 0.3) is 0 Å². The van der Waals surface area contributed by atoms with E-state index < -0.39 is 17.9 Å². The molecule has 186 valence electrons. The monoisotopic (exact) mass is 504 g/mol. The molecule has 1 atom stereocenters. The summed E-state index contributed by atoms with van der Waals surface area (Å²) in [5.74, 6) is -0.957. The van der Waals surface area contributed by atoms with Gasteiger partial charge in [-0.05, 0) is 31.5 Å². The first-order chi connectivity index (χ1) is 16.0. The fourth-order valence-corrected chi connectivity index (χ4v) is 4.27. The van der Waals surface area contributed by atoms with Gasteiger partial charge in [0.05, 0.1) is 31.3 Å². The molecule has 13 heteroatoms. The van der Waals surface area contributed by atoms with Crippen LogP contribution in [0.3, 0.4) is 0 Å². The molecule has 2 fully saturated rings. The van der Waals surface area contributed by atoms with Gasteiger partial charge >= 0.3 is 12.4 Å². The summed E-state index contributed by atoms with van der Waals surface area (Å²) in [6, 6.07) is 3.85. The molecule has 0 bridgehead atoms. The lowest BCUT2D eigenvalue weighted by Gasteiger charge is -2.47. The number of alkyl halides is 3. The van der Waals surface area contributed by atoms with Crippen LogP contribution in [0.15, 0.2) is 22.7 Å². The summed E-state index contributed by atoms with van der Waals surface area (Å²) in [7, 11) is 0. The van der Waals surface area contributed by atoms with Crippen LogP contribution in [0, 0.1) is 13.8 Å². The molecule has 4 rings (SSSR count). The average Bonchev–Trinajstić information content (AvgIpc) is 3.07. The largest absolute Gasteiger partial charge is 0.573 e. The number of urea groups is 1. The molecule has 1 N–H and O–H groups in total. The van der Waals surface area contributed by atoms with E-state index >= 15 is 0 Å². The number of hydrogen-bond acceptors (Lipinski definition) is 7. The molecule has 1 aromatic heterocycles. The molecular weight excluding hydrogens is 481 g/mol. The summed E-state index contributed by atoms with van der Waals surface area (Å²) in [5, 5.41) is 6.54. The lowest BCUT2D eigenvalue weighted by molar-refractivity contribution is -0.287. The van der Waals surface area contributed by atoms with Crippen LogP contribution in [-0.4, -0.2) is 72.5 Å². The van der Waals surface area contributed by atoms with E-state index in [2.05, 4.69) is 15.2 Å². The molecule has 9 nitrogen and oxygen atoms in total. The second-order valence-electron chi connectivity index (χ2n) is 8.18. The number of amides is 2. The van der Waals surface area contributed by atoms with Gasteiger partial charge in [0.15, 0.2) is 11.5 Å². The Morgan fingerprint density at radius 2 is 1.97 bits per heavy atom. The van der Waals surface area contributed by atoms with E-state index in [4.69, 9.17) is 25.6 Å². The summed E-state index contributed by atoms with van der Waals surface area (Å²) in [6.45, 7) is 6.05. The third kappa shape index (κ3) is 5.74. The number of carbonyl (C=O) groups excluding carboxylic acids is 1. The molecule has 2 amide bonds. The van der Waals surface area contributed by atoms with Crippen LogP contribution in [0.25, 0.3) is 0 Å². The van der Waals surface area contributed by atoms with E-state index in [1.54, 1.807) is 18.7 Å². The summed E-state index contributed by atoms with van der Waals surface area (Å²) < 4.78 is 58.3. The number of halogens is 4. The van der Waals surface area contributed by atoms with Gasteiger partial charge in [0, 0.05) is 19.6 Å². The minimum absolute atomic E-state index is 0.131. The number of aryl methyl sites for hydroxylation is 2. The highest BCUT2D eigenvalue weighted by molar-refractivity contribution is 6.32. The van der Waals surface area contributed by atoms with Gasteiger partial charge in [-0.2, -0.15) is 0 Å². The summed E-state index contributed by atoms with van der Waals surface area (Å²) >= 11 is 5.97. The predicted molar refractivity (Wildman–Crippen MR) is 115 cm³/mol. The van der Waals surface area contributed by atoms with Gasteiger partial charge < -0.3 is 29.0 Å². The topological polar surface area (TPSA) is 89.3 Å². The second-order valence-corrected chi connectivity index (χ2v) is 8.59. The number of rotatable bonds is 4. The van der Waals surface area contributed by atoms with Crippen molar-refractivity contribution in [2.45, 2.75) is 32.5 Å². The number of morpholine rings is 2. The lowest BCUT2D eigenvalue weighted by atomic mass is 10.1. The maximum Gasteiger partial charge on any atom is 0.573 e. The van der Waals surface area contributed by atoms with Crippen molar-refractivity contribution in [2.75, 3.05) is 44.7 Å². The van der Waals surface area contributed by atoms with Crippen molar-refractivity contribution >= 4 is 23.3 Å². The van der Waals surface area contributed by atoms with Crippen LogP contribution in [0.2, 0.25) is 5.02 Å². The molecule has 2 aromatic rings. The minimum Gasteiger partial charge on any atom is -0.404 e. The van der Waals surface area contributed by atoms with Crippen LogP contribution in [0.4, 0.5) is 23.7 Å². The molecule has 2 saturated heterocycles. The Kier molecular flexibility index (Phi) is 6.94. The normalized spacial score (nSPS) is 21.6. The minimum atomic E-state index is -4.82. The van der Waals surface area contributed by atoms with Gasteiger partial charge in [-0.3, -0.25) is 4.90 Å². The summed E-state index contributed by atoms with van der Waals surface area (Å²) in [6.07, 6.45) is -4.82. The molecule has 1 aromatic carbocycles. The van der Waals surface area contributed by atoms with Crippen molar-refractivity contribution in [1.29, 1.82) is 0 Å². The van der Waals surface area contributed by atoms with Crippen molar-refractivity contribution < 1.29 is 36.7 Å². The van der Waals surface area contributed by atoms with Crippen LogP contribution in [0.5, 0.6) is 5.75 Å². The number of ether oxygens (including phenoxy) is 3. The molecular formula is C21H24ClF3N4O5. The van der Waals surface area contributed by atoms with Gasteiger partial charge in [0.1, 0.15) is 17.1 Å². The Morgan fingerprint density at radius 3 is 2.62 bits per heavy atom. The maximum atomic E-state index is 12.9. The number of nitrogens with one attached hydrogen (secondary N) is 1. The van der Waals surface area contributed by atoms with Crippen molar-refractivity contribution in [3.05, 3.63) is 40.2 Å². The van der Waals surface area contributed by atoms with Crippen molar-refractivity contribution in [1.82, 2.24) is 15.0 Å². The maximum absolute atomic E-state index is 12.9. The summed E-state index contributed by atoms with van der Waals surface area (Å²) in [4.78, 5) is 16.5. The van der Waals surface area contributed by atoms with Crippen molar-refractivity contribution in [3.8, 4) is 5.75 Å². The first-order valence-corrected chi connectivity index (χ1v) is 10.9. The Bertz CT molecular complexity index is 1030. The fourth-order valence-electron chi connectivity index (χ4n) is 4.03. The number of aromatic nitrogens is 1. The highest BCUT2D eigenvalue weighted by Gasteiger charge is 2.43. The van der Waals surface area contributed by atoms with Crippen molar-refractivity contribution in [2.24, 2.45) is 0 Å². The first kappa shape index (κ1) is 24.6. The lowest BCUT2D eigenvalue weighted by Crippen LogP contribution is -2.63. The van der Waals surface area contributed by atoms with E-state index in [-0.39, 0.29) is 24.2 Å². The highest BCUT2D eigenvalue weighted by Crippen LogP contribution is 2.32.